The number of oxime groups is 1. The second kappa shape index (κ2) is 3.53. The van der Waals surface area contributed by atoms with Crippen molar-refractivity contribution in [3.05, 3.63) is 21.4 Å². The van der Waals surface area contributed by atoms with Gasteiger partial charge in [0, 0.05) is 16.5 Å². The molecule has 0 fully saturated rings. The van der Waals surface area contributed by atoms with Crippen LogP contribution in [0.3, 0.4) is 0 Å². The third kappa shape index (κ3) is 2.05. The summed E-state index contributed by atoms with van der Waals surface area (Å²) in [6.45, 7) is 7.95. The Kier molecular flexibility index (Phi) is 2.65. The number of rotatable bonds is 3. The Morgan fingerprint density at radius 2 is 2.36 bits per heavy atom. The molecule has 1 aromatic rings. The van der Waals surface area contributed by atoms with Gasteiger partial charge in [-0.3, -0.25) is 0 Å². The second-order valence-electron chi connectivity index (χ2n) is 2.37. The summed E-state index contributed by atoms with van der Waals surface area (Å²) < 4.78 is 0. The van der Waals surface area contributed by atoms with Gasteiger partial charge in [-0.2, -0.15) is 0 Å². The molecule has 0 N–H and O–H groups in total. The number of hydrogen-bond acceptors (Lipinski definition) is 3. The molecule has 3 heteroatoms. The van der Waals surface area contributed by atoms with E-state index in [-0.39, 0.29) is 0 Å². The molecule has 60 valence electrons. The number of aryl methyl sites for hydroxylation is 2. The van der Waals surface area contributed by atoms with Gasteiger partial charge < -0.3 is 4.84 Å². The first-order valence-corrected chi connectivity index (χ1v) is 4.19. The Balaban J connectivity index is 2.69. The van der Waals surface area contributed by atoms with Gasteiger partial charge in [0.25, 0.3) is 0 Å². The van der Waals surface area contributed by atoms with E-state index in [1.54, 1.807) is 11.3 Å². The highest BCUT2D eigenvalue weighted by Gasteiger charge is 2.01. The van der Waals surface area contributed by atoms with Crippen LogP contribution in [0.1, 0.15) is 15.3 Å². The van der Waals surface area contributed by atoms with Crippen LogP contribution in [-0.2, 0) is 11.4 Å². The van der Waals surface area contributed by atoms with Crippen LogP contribution in [0.5, 0.6) is 0 Å². The van der Waals surface area contributed by atoms with E-state index >= 15 is 0 Å². The van der Waals surface area contributed by atoms with Crippen LogP contribution >= 0.6 is 11.3 Å². The molecule has 0 aliphatic carbocycles. The van der Waals surface area contributed by atoms with Gasteiger partial charge in [0.2, 0.25) is 0 Å². The molecule has 0 radical (unpaired) electrons. The molecular formula is C8H11NOS. The summed E-state index contributed by atoms with van der Waals surface area (Å²) in [6.07, 6.45) is 0. The SMILES string of the molecule is C=NOCc1sc(C)cc1C. The molecule has 0 saturated heterocycles. The van der Waals surface area contributed by atoms with Gasteiger partial charge >= 0.3 is 0 Å². The molecule has 1 heterocycles. The van der Waals surface area contributed by atoms with E-state index in [0.29, 0.717) is 6.61 Å². The number of hydrogen-bond donors (Lipinski definition) is 0. The monoisotopic (exact) mass is 169 g/mol. The first-order chi connectivity index (χ1) is 5.24. The van der Waals surface area contributed by atoms with Gasteiger partial charge in [0.1, 0.15) is 0 Å². The lowest BCUT2D eigenvalue weighted by molar-refractivity contribution is 0.135. The predicted molar refractivity (Wildman–Crippen MR) is 48.1 cm³/mol. The van der Waals surface area contributed by atoms with Crippen LogP contribution in [0.25, 0.3) is 0 Å². The molecule has 0 atom stereocenters. The maximum atomic E-state index is 4.84. The molecule has 0 aromatic carbocycles. The molecular weight excluding hydrogens is 158 g/mol. The Labute approximate surface area is 70.5 Å². The minimum Gasteiger partial charge on any atom is -0.391 e. The minimum atomic E-state index is 0.549. The number of nitrogens with zero attached hydrogens (tertiary/aromatic N) is 1. The molecule has 0 saturated carbocycles. The average Bonchev–Trinajstić information content (AvgIpc) is 2.26. The van der Waals surface area contributed by atoms with Crippen LogP contribution in [0.2, 0.25) is 0 Å². The van der Waals surface area contributed by atoms with E-state index in [0.717, 1.165) is 0 Å². The lowest BCUT2D eigenvalue weighted by Gasteiger charge is -1.95. The zero-order valence-electron chi connectivity index (χ0n) is 6.76. The van der Waals surface area contributed by atoms with Crippen molar-refractivity contribution >= 4 is 18.1 Å². The van der Waals surface area contributed by atoms with E-state index in [1.807, 2.05) is 0 Å². The van der Waals surface area contributed by atoms with E-state index in [1.165, 1.54) is 15.3 Å². The first kappa shape index (κ1) is 8.27. The summed E-state index contributed by atoms with van der Waals surface area (Å²) in [5, 5.41) is 3.34. The topological polar surface area (TPSA) is 21.6 Å². The fourth-order valence-corrected chi connectivity index (χ4v) is 1.89. The number of thiophene rings is 1. The molecule has 0 spiro atoms. The van der Waals surface area contributed by atoms with Crippen molar-refractivity contribution in [2.75, 3.05) is 0 Å². The molecule has 11 heavy (non-hydrogen) atoms. The summed E-state index contributed by atoms with van der Waals surface area (Å²) in [6, 6.07) is 2.15. The van der Waals surface area contributed by atoms with Crippen LogP contribution in [0.4, 0.5) is 0 Å². The van der Waals surface area contributed by atoms with E-state index in [9.17, 15) is 0 Å². The van der Waals surface area contributed by atoms with Crippen LogP contribution < -0.4 is 0 Å². The second-order valence-corrected chi connectivity index (χ2v) is 3.71. The third-order valence-corrected chi connectivity index (χ3v) is 2.56. The van der Waals surface area contributed by atoms with Gasteiger partial charge in [0.05, 0.1) is 0 Å². The lowest BCUT2D eigenvalue weighted by atomic mass is 10.3. The van der Waals surface area contributed by atoms with Crippen molar-refractivity contribution in [2.24, 2.45) is 5.16 Å². The normalized spacial score (nSPS) is 9.64. The van der Waals surface area contributed by atoms with Crippen LogP contribution in [-0.4, -0.2) is 6.72 Å². The van der Waals surface area contributed by atoms with E-state index in [4.69, 9.17) is 4.84 Å². The highest BCUT2D eigenvalue weighted by atomic mass is 32.1. The average molecular weight is 169 g/mol. The third-order valence-electron chi connectivity index (χ3n) is 1.43. The maximum absolute atomic E-state index is 4.84. The fourth-order valence-electron chi connectivity index (χ4n) is 0.937. The molecule has 0 aliphatic rings. The van der Waals surface area contributed by atoms with Crippen molar-refractivity contribution in [3.8, 4) is 0 Å². The lowest BCUT2D eigenvalue weighted by Crippen LogP contribution is -1.83. The summed E-state index contributed by atoms with van der Waals surface area (Å²) in [5.41, 5.74) is 1.27. The zero-order chi connectivity index (χ0) is 8.27. The Morgan fingerprint density at radius 3 is 2.82 bits per heavy atom. The largest absolute Gasteiger partial charge is 0.391 e. The van der Waals surface area contributed by atoms with Gasteiger partial charge in [-0.05, 0) is 25.5 Å². The van der Waals surface area contributed by atoms with Crippen molar-refractivity contribution < 1.29 is 4.84 Å². The minimum absolute atomic E-state index is 0.549. The fraction of sp³-hybridized carbons (Fsp3) is 0.375. The Bertz CT molecular complexity index is 255. The summed E-state index contributed by atoms with van der Waals surface area (Å²) in [4.78, 5) is 7.38. The highest BCUT2D eigenvalue weighted by molar-refractivity contribution is 7.12. The van der Waals surface area contributed by atoms with Crippen molar-refractivity contribution in [1.29, 1.82) is 0 Å². The molecule has 0 bridgehead atoms. The van der Waals surface area contributed by atoms with Crippen molar-refractivity contribution in [2.45, 2.75) is 20.5 Å². The molecule has 1 aromatic heterocycles. The summed E-state index contributed by atoms with van der Waals surface area (Å²) in [5.74, 6) is 0. The molecule has 0 unspecified atom stereocenters. The Morgan fingerprint density at radius 1 is 1.64 bits per heavy atom. The Hall–Kier alpha value is -0.830. The molecule has 0 aliphatic heterocycles. The van der Waals surface area contributed by atoms with Crippen molar-refractivity contribution in [1.82, 2.24) is 0 Å². The van der Waals surface area contributed by atoms with E-state index in [2.05, 4.69) is 31.8 Å². The summed E-state index contributed by atoms with van der Waals surface area (Å²) in [7, 11) is 0. The predicted octanol–water partition coefficient (Wildman–Crippen LogP) is 2.50. The van der Waals surface area contributed by atoms with Gasteiger partial charge in [-0.15, -0.1) is 16.5 Å². The molecule has 2 nitrogen and oxygen atoms in total. The van der Waals surface area contributed by atoms with Crippen LogP contribution in [0, 0.1) is 13.8 Å². The van der Waals surface area contributed by atoms with Crippen LogP contribution in [0.15, 0.2) is 11.2 Å². The smallest absolute Gasteiger partial charge is 0.151 e. The first-order valence-electron chi connectivity index (χ1n) is 3.38. The van der Waals surface area contributed by atoms with E-state index < -0.39 is 0 Å². The maximum Gasteiger partial charge on any atom is 0.151 e. The van der Waals surface area contributed by atoms with Gasteiger partial charge in [-0.25, -0.2) is 0 Å². The summed E-state index contributed by atoms with van der Waals surface area (Å²) >= 11 is 1.74. The quantitative estimate of drug-likeness (QED) is 0.503. The van der Waals surface area contributed by atoms with Gasteiger partial charge in [-0.1, -0.05) is 0 Å². The van der Waals surface area contributed by atoms with Gasteiger partial charge in [0.15, 0.2) is 6.61 Å². The zero-order valence-corrected chi connectivity index (χ0v) is 7.57. The highest BCUT2D eigenvalue weighted by Crippen LogP contribution is 2.21. The van der Waals surface area contributed by atoms with Crippen molar-refractivity contribution in [3.63, 3.8) is 0 Å². The molecule has 0 amide bonds. The standard InChI is InChI=1S/C8H11NOS/c1-6-4-7(2)11-8(6)5-10-9-3/h4H,3,5H2,1-2H3. The molecule has 1 rings (SSSR count).